The molecule has 0 nitrogen and oxygen atoms in total. The molecule has 2 saturated carbocycles. The van der Waals surface area contributed by atoms with E-state index in [0.717, 1.165) is 30.1 Å². The van der Waals surface area contributed by atoms with Gasteiger partial charge in [0.2, 0.25) is 0 Å². The summed E-state index contributed by atoms with van der Waals surface area (Å²) in [5.41, 5.74) is 6.26. The molecule has 0 aromatic heterocycles. The number of hydrogen-bond acceptors (Lipinski definition) is 0. The summed E-state index contributed by atoms with van der Waals surface area (Å²) in [5.74, 6) is 3.25. The molecule has 4 rings (SSSR count). The molecule has 4 aliphatic rings. The first-order valence-electron chi connectivity index (χ1n) is 9.94. The zero-order chi connectivity index (χ0) is 18.4. The Morgan fingerprint density at radius 1 is 0.714 bits per heavy atom. The van der Waals surface area contributed by atoms with E-state index in [1.54, 1.807) is 22.3 Å². The van der Waals surface area contributed by atoms with E-state index >= 15 is 0 Å². The van der Waals surface area contributed by atoms with Crippen molar-refractivity contribution in [3.63, 3.8) is 0 Å². The van der Waals surface area contributed by atoms with Gasteiger partial charge in [-0.3, -0.25) is 0 Å². The number of allylic oxidation sites excluding steroid dienone is 8. The van der Waals surface area contributed by atoms with E-state index in [4.69, 9.17) is 0 Å². The normalized spacial score (nSPS) is 29.1. The smallest absolute Gasteiger partial charge is 1.00 e. The quantitative estimate of drug-likeness (QED) is 0.442. The first-order valence-corrected chi connectivity index (χ1v) is 9.94. The predicted octanol–water partition coefficient (Wildman–Crippen LogP) is 1.30. The maximum Gasteiger partial charge on any atom is 2.00 e. The summed E-state index contributed by atoms with van der Waals surface area (Å²) < 4.78 is 0. The fourth-order valence-corrected chi connectivity index (χ4v) is 4.62. The molecule has 4 unspecified atom stereocenters. The van der Waals surface area contributed by atoms with E-state index in [1.807, 2.05) is 0 Å². The second-order valence-electron chi connectivity index (χ2n) is 7.89. The van der Waals surface area contributed by atoms with Crippen LogP contribution in [0.1, 0.15) is 59.8 Å². The Kier molecular flexibility index (Phi) is 16.7. The number of hydrogen-bond donors (Lipinski definition) is 0. The summed E-state index contributed by atoms with van der Waals surface area (Å²) in [5, 5.41) is 0. The van der Waals surface area contributed by atoms with Gasteiger partial charge in [0.15, 0.2) is 0 Å². The molecule has 0 aliphatic heterocycles. The maximum atomic E-state index is 3.38. The van der Waals surface area contributed by atoms with Gasteiger partial charge in [-0.25, -0.2) is 0 Å². The summed E-state index contributed by atoms with van der Waals surface area (Å²) in [6.07, 6.45) is 20.2. The Morgan fingerprint density at radius 2 is 1.00 bits per heavy atom. The fraction of sp³-hybridized carbons (Fsp3) is 0.520. The minimum absolute atomic E-state index is 0. The monoisotopic (exact) mass is 496 g/mol. The van der Waals surface area contributed by atoms with E-state index in [0.29, 0.717) is 0 Å². The molecule has 0 radical (unpaired) electrons. The molecular formula is C25H36Cl2Zr-4. The topological polar surface area (TPSA) is 0 Å². The van der Waals surface area contributed by atoms with Crippen molar-refractivity contribution in [1.29, 1.82) is 0 Å². The van der Waals surface area contributed by atoms with E-state index in [2.05, 4.69) is 78.7 Å². The summed E-state index contributed by atoms with van der Waals surface area (Å²) in [6.45, 7) is 15.8. The Balaban J connectivity index is 0. The van der Waals surface area contributed by atoms with E-state index in [-0.39, 0.29) is 51.0 Å². The zero-order valence-electron chi connectivity index (χ0n) is 18.0. The molecule has 0 aromatic rings. The van der Waals surface area contributed by atoms with Gasteiger partial charge in [-0.05, 0) is 39.5 Å². The number of halogens is 2. The molecule has 158 valence electrons. The summed E-state index contributed by atoms with van der Waals surface area (Å²) >= 11 is 0. The van der Waals surface area contributed by atoms with Crippen LogP contribution in [0.4, 0.5) is 0 Å². The van der Waals surface area contributed by atoms with Crippen molar-refractivity contribution in [2.75, 3.05) is 0 Å². The molecule has 0 bridgehead atoms. The van der Waals surface area contributed by atoms with Crippen LogP contribution >= 0.6 is 0 Å². The minimum Gasteiger partial charge on any atom is -1.00 e. The van der Waals surface area contributed by atoms with Crippen LogP contribution in [0.3, 0.4) is 0 Å². The van der Waals surface area contributed by atoms with Crippen LogP contribution in [0.5, 0.6) is 0 Å². The van der Waals surface area contributed by atoms with Crippen molar-refractivity contribution in [2.45, 2.75) is 59.8 Å². The van der Waals surface area contributed by atoms with Crippen molar-refractivity contribution in [3.05, 3.63) is 73.3 Å². The molecule has 0 spiro atoms. The van der Waals surface area contributed by atoms with Gasteiger partial charge in [0.1, 0.15) is 0 Å². The minimum atomic E-state index is 0. The Labute approximate surface area is 206 Å². The van der Waals surface area contributed by atoms with Crippen molar-refractivity contribution in [3.8, 4) is 0 Å². The van der Waals surface area contributed by atoms with Crippen LogP contribution < -0.4 is 24.8 Å². The van der Waals surface area contributed by atoms with E-state index in [1.165, 1.54) is 25.7 Å². The third-order valence-electron chi connectivity index (χ3n) is 6.10. The predicted molar refractivity (Wildman–Crippen MR) is 111 cm³/mol. The molecule has 28 heavy (non-hydrogen) atoms. The molecule has 0 N–H and O–H groups in total. The van der Waals surface area contributed by atoms with Gasteiger partial charge in [0.25, 0.3) is 0 Å². The summed E-state index contributed by atoms with van der Waals surface area (Å²) in [7, 11) is 0. The first-order chi connectivity index (χ1) is 12.0. The van der Waals surface area contributed by atoms with Gasteiger partial charge in [-0.2, -0.15) is 12.8 Å². The van der Waals surface area contributed by atoms with E-state index < -0.39 is 0 Å². The fourth-order valence-electron chi connectivity index (χ4n) is 4.62. The first kappa shape index (κ1) is 30.6. The van der Waals surface area contributed by atoms with Gasteiger partial charge in [0, 0.05) is 0 Å². The van der Waals surface area contributed by atoms with Gasteiger partial charge in [-0.1, -0.05) is 59.4 Å². The molecule has 0 heterocycles. The number of rotatable bonds is 0. The average molecular weight is 499 g/mol. The maximum absolute atomic E-state index is 3.38. The van der Waals surface area contributed by atoms with Gasteiger partial charge < -0.3 is 57.9 Å². The SMILES string of the molecule is CC1=CC=C(C)C2CC[CH-]C12.CC1=CC=C(C)C2CC[CH-]C12.[CH2-]C[CH2-].[Cl-].[Cl-].[Zr+2]. The van der Waals surface area contributed by atoms with Crippen molar-refractivity contribution in [2.24, 2.45) is 23.7 Å². The summed E-state index contributed by atoms with van der Waals surface area (Å²) in [6, 6.07) is 0. The zero-order valence-corrected chi connectivity index (χ0v) is 21.9. The third kappa shape index (κ3) is 7.92. The third-order valence-corrected chi connectivity index (χ3v) is 6.10. The molecule has 0 saturated heterocycles. The average Bonchev–Trinajstić information content (AvgIpc) is 3.26. The van der Waals surface area contributed by atoms with E-state index in [9.17, 15) is 0 Å². The largest absolute Gasteiger partial charge is 2.00 e. The van der Waals surface area contributed by atoms with Crippen LogP contribution in [0, 0.1) is 50.4 Å². The number of fused-ring (bicyclic) bond motifs is 2. The Morgan fingerprint density at radius 3 is 1.29 bits per heavy atom. The molecule has 0 amide bonds. The molecule has 3 heteroatoms. The van der Waals surface area contributed by atoms with Crippen LogP contribution in [0.15, 0.2) is 46.6 Å². The standard InChI is InChI=1S/2C11H15.C3H6.2ClH.Zr/c2*1-8-6-7-9(2)11-5-3-4-10(8)11;1-3-2;;;/h2*4,6-7,10-11H,3,5H2,1-2H3;1-3H2;2*1H;/q2*-1;-2;;;+2/p-2. The van der Waals surface area contributed by atoms with Gasteiger partial charge >= 0.3 is 26.2 Å². The molecule has 4 aliphatic carbocycles. The van der Waals surface area contributed by atoms with Crippen molar-refractivity contribution < 1.29 is 51.0 Å². The molecule has 4 atom stereocenters. The Bertz CT molecular complexity index is 473. The van der Waals surface area contributed by atoms with Gasteiger partial charge in [-0.15, -0.1) is 11.8 Å². The molecule has 0 aromatic carbocycles. The molecule has 2 fully saturated rings. The van der Waals surface area contributed by atoms with Crippen molar-refractivity contribution >= 4 is 0 Å². The summed E-state index contributed by atoms with van der Waals surface area (Å²) in [4.78, 5) is 0. The second-order valence-corrected chi connectivity index (χ2v) is 7.89. The van der Waals surface area contributed by atoms with Crippen LogP contribution in [0.25, 0.3) is 0 Å². The molecular weight excluding hydrogens is 462 g/mol. The van der Waals surface area contributed by atoms with Crippen LogP contribution in [-0.2, 0) is 26.2 Å². The van der Waals surface area contributed by atoms with Gasteiger partial charge in [0.05, 0.1) is 0 Å². The van der Waals surface area contributed by atoms with Crippen LogP contribution in [0.2, 0.25) is 0 Å². The Hall–Kier alpha value is 0.423. The van der Waals surface area contributed by atoms with Crippen LogP contribution in [-0.4, -0.2) is 0 Å². The second kappa shape index (κ2) is 15.3. The van der Waals surface area contributed by atoms with Crippen molar-refractivity contribution in [1.82, 2.24) is 0 Å².